The van der Waals surface area contributed by atoms with Crippen molar-refractivity contribution in [2.75, 3.05) is 0 Å². The molecule has 0 saturated heterocycles. The summed E-state index contributed by atoms with van der Waals surface area (Å²) in [7, 11) is 1.74. The molecule has 80 valence electrons. The van der Waals surface area contributed by atoms with Crippen LogP contribution >= 0.6 is 97.3 Å². The van der Waals surface area contributed by atoms with E-state index in [1.54, 1.807) is 31.6 Å². The minimum absolute atomic E-state index is 1.03. The van der Waals surface area contributed by atoms with Gasteiger partial charge < -0.3 is 0 Å². The second kappa shape index (κ2) is 5.62. The lowest BCUT2D eigenvalue weighted by atomic mass is 10.4. The quantitative estimate of drug-likeness (QED) is 0.343. The monoisotopic (exact) mass is 512 g/mol. The van der Waals surface area contributed by atoms with Crippen molar-refractivity contribution in [1.29, 1.82) is 0 Å². The molecule has 0 radical (unpaired) electrons. The third-order valence-electron chi connectivity index (χ3n) is 1.62. The summed E-state index contributed by atoms with van der Waals surface area (Å²) in [6.45, 7) is 0. The van der Waals surface area contributed by atoms with E-state index in [1.807, 2.05) is 6.07 Å². The third kappa shape index (κ3) is 2.97. The van der Waals surface area contributed by atoms with E-state index in [-0.39, 0.29) is 0 Å². The fraction of sp³-hybridized carbons (Fsp3) is 0. The van der Waals surface area contributed by atoms with E-state index in [4.69, 9.17) is 0 Å². The number of thiophene rings is 2. The first-order valence-electron chi connectivity index (χ1n) is 3.68. The molecule has 0 fully saturated rings. The van der Waals surface area contributed by atoms with Gasteiger partial charge in [0.05, 0.1) is 18.2 Å². The van der Waals surface area contributed by atoms with Gasteiger partial charge in [0, 0.05) is 30.2 Å². The molecular formula is C8H3Br2IS4. The molecule has 2 aromatic heterocycles. The first kappa shape index (κ1) is 13.2. The SMILES string of the molecule is Sc1cc(Br)c(-c2sc(SI)cc2Br)s1. The molecule has 0 aliphatic heterocycles. The Labute approximate surface area is 134 Å². The Morgan fingerprint density at radius 3 is 2.20 bits per heavy atom. The molecule has 0 nitrogen and oxygen atoms in total. The van der Waals surface area contributed by atoms with Crippen LogP contribution in [0.3, 0.4) is 0 Å². The molecule has 2 aromatic rings. The zero-order valence-electron chi connectivity index (χ0n) is 6.96. The van der Waals surface area contributed by atoms with Gasteiger partial charge in [-0.15, -0.1) is 35.3 Å². The van der Waals surface area contributed by atoms with Gasteiger partial charge >= 0.3 is 0 Å². The van der Waals surface area contributed by atoms with Crippen molar-refractivity contribution < 1.29 is 0 Å². The number of thiol groups is 1. The van der Waals surface area contributed by atoms with Crippen molar-refractivity contribution in [1.82, 2.24) is 0 Å². The maximum absolute atomic E-state index is 4.36. The first-order chi connectivity index (χ1) is 7.11. The molecule has 7 heteroatoms. The molecule has 0 N–H and O–H groups in total. The van der Waals surface area contributed by atoms with E-state index in [9.17, 15) is 0 Å². The Hall–Kier alpha value is 1.79. The third-order valence-corrected chi connectivity index (χ3v) is 8.92. The van der Waals surface area contributed by atoms with Crippen LogP contribution in [0.1, 0.15) is 0 Å². The highest BCUT2D eigenvalue weighted by Gasteiger charge is 2.14. The maximum Gasteiger partial charge on any atom is 0.0720 e. The largest absolute Gasteiger partial charge is 0.133 e. The molecule has 15 heavy (non-hydrogen) atoms. The molecule has 0 amide bonds. The second-order valence-electron chi connectivity index (χ2n) is 2.58. The number of hydrogen-bond acceptors (Lipinski definition) is 4. The smallest absolute Gasteiger partial charge is 0.0720 e. The van der Waals surface area contributed by atoms with Crippen LogP contribution in [0.15, 0.2) is 29.5 Å². The lowest BCUT2D eigenvalue weighted by Gasteiger charge is -1.94. The highest BCUT2D eigenvalue weighted by atomic mass is 127. The van der Waals surface area contributed by atoms with Gasteiger partial charge in [-0.1, -0.05) is 0 Å². The van der Waals surface area contributed by atoms with Gasteiger partial charge in [0.2, 0.25) is 0 Å². The maximum atomic E-state index is 4.36. The summed E-state index contributed by atoms with van der Waals surface area (Å²) >= 11 is 17.3. The second-order valence-corrected chi connectivity index (χ2v) is 9.35. The topological polar surface area (TPSA) is 0 Å². The normalized spacial score (nSPS) is 10.9. The standard InChI is InChI=1S/C8H3Br2IS4/c9-3-1-5(12)13-7(3)8-4(10)2-6(14-8)15-11/h1-2,12H. The summed E-state index contributed by atoms with van der Waals surface area (Å²) in [5.41, 5.74) is 0. The minimum atomic E-state index is 1.03. The molecule has 0 aromatic carbocycles. The summed E-state index contributed by atoms with van der Waals surface area (Å²) in [4.78, 5) is 2.51. The molecular weight excluding hydrogens is 511 g/mol. The van der Waals surface area contributed by atoms with E-state index in [1.165, 1.54) is 14.0 Å². The molecule has 0 aliphatic carbocycles. The van der Waals surface area contributed by atoms with E-state index >= 15 is 0 Å². The lowest BCUT2D eigenvalue weighted by molar-refractivity contribution is 1.69. The van der Waals surface area contributed by atoms with Gasteiger partial charge in [0.25, 0.3) is 0 Å². The summed E-state index contributed by atoms with van der Waals surface area (Å²) < 4.78 is 4.60. The number of hydrogen-bond donors (Lipinski definition) is 1. The van der Waals surface area contributed by atoms with Crippen LogP contribution in [-0.2, 0) is 0 Å². The predicted molar refractivity (Wildman–Crippen MR) is 90.2 cm³/mol. The highest BCUT2D eigenvalue weighted by molar-refractivity contribution is 14.2. The first-order valence-corrected chi connectivity index (χ1v) is 10.7. The van der Waals surface area contributed by atoms with Crippen LogP contribution in [-0.4, -0.2) is 0 Å². The van der Waals surface area contributed by atoms with Crippen LogP contribution in [0.4, 0.5) is 0 Å². The molecule has 2 rings (SSSR count). The van der Waals surface area contributed by atoms with Crippen LogP contribution in [0.2, 0.25) is 0 Å². The zero-order valence-corrected chi connectivity index (χ0v) is 15.6. The van der Waals surface area contributed by atoms with E-state index in [0.29, 0.717) is 0 Å². The van der Waals surface area contributed by atoms with Crippen LogP contribution in [0, 0.1) is 0 Å². The van der Waals surface area contributed by atoms with Crippen LogP contribution in [0.5, 0.6) is 0 Å². The van der Waals surface area contributed by atoms with Gasteiger partial charge in [-0.05, 0) is 52.9 Å². The molecule has 2 heterocycles. The number of halogens is 3. The van der Waals surface area contributed by atoms with Crippen molar-refractivity contribution in [3.8, 4) is 9.75 Å². The van der Waals surface area contributed by atoms with Crippen LogP contribution in [0.25, 0.3) is 9.75 Å². The predicted octanol–water partition coefficient (Wildman–Crippen LogP) is 6.73. The average molecular weight is 514 g/mol. The molecule has 0 bridgehead atoms. The molecule has 0 saturated carbocycles. The summed E-state index contributed by atoms with van der Waals surface area (Å²) in [6, 6.07) is 4.19. The van der Waals surface area contributed by atoms with Crippen molar-refractivity contribution in [3.05, 3.63) is 21.1 Å². The fourth-order valence-corrected chi connectivity index (χ4v) is 7.15. The van der Waals surface area contributed by atoms with Gasteiger partial charge in [0.1, 0.15) is 0 Å². The summed E-state index contributed by atoms with van der Waals surface area (Å²) in [5.74, 6) is 0. The fourth-order valence-electron chi connectivity index (χ4n) is 1.05. The molecule has 0 aliphatic rings. The van der Waals surface area contributed by atoms with E-state index < -0.39 is 0 Å². The Morgan fingerprint density at radius 1 is 1.13 bits per heavy atom. The number of rotatable bonds is 2. The summed E-state index contributed by atoms with van der Waals surface area (Å²) in [5, 5.41) is 0. The van der Waals surface area contributed by atoms with Crippen LogP contribution < -0.4 is 0 Å². The Kier molecular flexibility index (Phi) is 4.96. The minimum Gasteiger partial charge on any atom is -0.133 e. The van der Waals surface area contributed by atoms with E-state index in [2.05, 4.69) is 71.8 Å². The van der Waals surface area contributed by atoms with Crippen molar-refractivity contribution >= 4 is 97.3 Å². The van der Waals surface area contributed by atoms with Crippen molar-refractivity contribution in [3.63, 3.8) is 0 Å². The summed E-state index contributed by atoms with van der Waals surface area (Å²) in [6.07, 6.45) is 0. The van der Waals surface area contributed by atoms with Gasteiger partial charge in [0.15, 0.2) is 0 Å². The van der Waals surface area contributed by atoms with Gasteiger partial charge in [-0.25, -0.2) is 0 Å². The zero-order chi connectivity index (χ0) is 11.0. The van der Waals surface area contributed by atoms with E-state index in [0.717, 1.165) is 13.2 Å². The lowest BCUT2D eigenvalue weighted by Crippen LogP contribution is -1.64. The highest BCUT2D eigenvalue weighted by Crippen LogP contribution is 2.48. The van der Waals surface area contributed by atoms with Crippen molar-refractivity contribution in [2.24, 2.45) is 0 Å². The average Bonchev–Trinajstić information content (AvgIpc) is 2.69. The van der Waals surface area contributed by atoms with Gasteiger partial charge in [-0.3, -0.25) is 0 Å². The molecule has 0 atom stereocenters. The molecule has 0 unspecified atom stereocenters. The Balaban J connectivity index is 2.53. The van der Waals surface area contributed by atoms with Crippen molar-refractivity contribution in [2.45, 2.75) is 8.42 Å². The Morgan fingerprint density at radius 2 is 1.73 bits per heavy atom. The Bertz CT molecular complexity index is 491. The van der Waals surface area contributed by atoms with Gasteiger partial charge in [-0.2, -0.15) is 0 Å². The molecule has 0 spiro atoms.